The van der Waals surface area contributed by atoms with E-state index in [1.165, 1.54) is 0 Å². The molecule has 1 saturated heterocycles. The van der Waals surface area contributed by atoms with Crippen molar-refractivity contribution in [1.82, 2.24) is 4.98 Å². The minimum Gasteiger partial charge on any atom is -0.353 e. The Morgan fingerprint density at radius 3 is 2.61 bits per heavy atom. The second kappa shape index (κ2) is 5.07. The van der Waals surface area contributed by atoms with Gasteiger partial charge in [-0.25, -0.2) is 4.98 Å². The fourth-order valence-corrected chi connectivity index (χ4v) is 3.78. The number of nitriles is 1. The van der Waals surface area contributed by atoms with Gasteiger partial charge in [0.05, 0.1) is 5.56 Å². The van der Waals surface area contributed by atoms with Crippen molar-refractivity contribution in [1.29, 1.82) is 5.26 Å². The molecule has 1 fully saturated rings. The fourth-order valence-electron chi connectivity index (χ4n) is 2.33. The Labute approximate surface area is 110 Å². The lowest BCUT2D eigenvalue weighted by Gasteiger charge is -2.35. The molecule has 0 spiro atoms. The molecule has 5 heteroatoms. The van der Waals surface area contributed by atoms with Crippen LogP contribution >= 0.6 is 0 Å². The zero-order chi connectivity index (χ0) is 13.3. The van der Waals surface area contributed by atoms with Crippen LogP contribution in [0.2, 0.25) is 0 Å². The van der Waals surface area contributed by atoms with Crippen molar-refractivity contribution in [2.45, 2.75) is 31.3 Å². The van der Waals surface area contributed by atoms with E-state index in [-0.39, 0.29) is 10.5 Å². The smallest absolute Gasteiger partial charge is 0.146 e. The zero-order valence-electron chi connectivity index (χ0n) is 10.9. The van der Waals surface area contributed by atoms with Gasteiger partial charge in [0, 0.05) is 40.6 Å². The molecule has 2 heterocycles. The van der Waals surface area contributed by atoms with Crippen molar-refractivity contribution in [2.75, 3.05) is 18.0 Å². The molecule has 1 aliphatic heterocycles. The number of aromatic nitrogens is 1. The Morgan fingerprint density at radius 2 is 2.06 bits per heavy atom. The number of hydrogen-bond donors (Lipinski definition) is 0. The lowest BCUT2D eigenvalue weighted by atomic mass is 10.1. The van der Waals surface area contributed by atoms with E-state index in [2.05, 4.69) is 16.0 Å². The van der Waals surface area contributed by atoms with Crippen LogP contribution in [0.4, 0.5) is 5.82 Å². The summed E-state index contributed by atoms with van der Waals surface area (Å²) in [5.74, 6) is 0.730. The van der Waals surface area contributed by atoms with Crippen LogP contribution in [-0.4, -0.2) is 32.8 Å². The maximum Gasteiger partial charge on any atom is 0.146 e. The maximum atomic E-state index is 11.9. The third-order valence-corrected chi connectivity index (χ3v) is 5.18. The van der Waals surface area contributed by atoms with Crippen LogP contribution in [0.1, 0.15) is 25.0 Å². The number of anilines is 1. The van der Waals surface area contributed by atoms with Gasteiger partial charge in [0.15, 0.2) is 0 Å². The molecule has 0 bridgehead atoms. The number of rotatable bonds is 1. The quantitative estimate of drug-likeness (QED) is 0.772. The van der Waals surface area contributed by atoms with Crippen LogP contribution in [0.3, 0.4) is 0 Å². The molecule has 1 aliphatic rings. The van der Waals surface area contributed by atoms with Crippen LogP contribution in [0.5, 0.6) is 0 Å². The van der Waals surface area contributed by atoms with Gasteiger partial charge >= 0.3 is 0 Å². The Morgan fingerprint density at radius 1 is 1.44 bits per heavy atom. The highest BCUT2D eigenvalue weighted by Gasteiger charge is 2.30. The molecule has 2 atom stereocenters. The summed E-state index contributed by atoms with van der Waals surface area (Å²) in [5.41, 5.74) is 1.57. The highest BCUT2D eigenvalue weighted by molar-refractivity contribution is 7.86. The Hall–Kier alpha value is -1.41. The Kier molecular flexibility index (Phi) is 3.67. The Bertz CT molecular complexity index is 509. The van der Waals surface area contributed by atoms with Crippen LogP contribution in [0.15, 0.2) is 12.3 Å². The lowest BCUT2D eigenvalue weighted by Crippen LogP contribution is -2.47. The number of aryl methyl sites for hydroxylation is 1. The molecular weight excluding hydrogens is 246 g/mol. The first-order valence-corrected chi connectivity index (χ1v) is 7.32. The van der Waals surface area contributed by atoms with Crippen molar-refractivity contribution in [3.05, 3.63) is 23.4 Å². The molecule has 18 heavy (non-hydrogen) atoms. The molecule has 2 unspecified atom stereocenters. The van der Waals surface area contributed by atoms with Gasteiger partial charge in [-0.15, -0.1) is 0 Å². The molecule has 4 nitrogen and oxygen atoms in total. The van der Waals surface area contributed by atoms with Crippen LogP contribution in [0.25, 0.3) is 0 Å². The van der Waals surface area contributed by atoms with Crippen molar-refractivity contribution in [2.24, 2.45) is 0 Å². The molecule has 2 rings (SSSR count). The molecule has 0 amide bonds. The van der Waals surface area contributed by atoms with Crippen molar-refractivity contribution >= 4 is 16.6 Å². The van der Waals surface area contributed by atoms with Crippen LogP contribution < -0.4 is 4.90 Å². The molecule has 0 radical (unpaired) electrons. The molecule has 1 aromatic rings. The molecule has 0 N–H and O–H groups in total. The van der Waals surface area contributed by atoms with Gasteiger partial charge in [0.2, 0.25) is 0 Å². The average molecular weight is 263 g/mol. The fraction of sp³-hybridized carbons (Fsp3) is 0.538. The normalized spacial score (nSPS) is 27.9. The van der Waals surface area contributed by atoms with E-state index in [1.54, 1.807) is 6.20 Å². The summed E-state index contributed by atoms with van der Waals surface area (Å²) in [6.07, 6.45) is 1.73. The SMILES string of the molecule is Cc1ccnc(N2CC(C)S(=O)C(C)C2)c1C#N. The summed E-state index contributed by atoms with van der Waals surface area (Å²) in [6.45, 7) is 7.28. The summed E-state index contributed by atoms with van der Waals surface area (Å²) in [6, 6.07) is 4.07. The minimum absolute atomic E-state index is 0.114. The lowest BCUT2D eigenvalue weighted by molar-refractivity contribution is 0.628. The summed E-state index contributed by atoms with van der Waals surface area (Å²) in [7, 11) is -0.790. The van der Waals surface area contributed by atoms with Gasteiger partial charge in [0.25, 0.3) is 0 Å². The van der Waals surface area contributed by atoms with Crippen LogP contribution in [0, 0.1) is 18.3 Å². The number of hydrogen-bond acceptors (Lipinski definition) is 4. The monoisotopic (exact) mass is 263 g/mol. The van der Waals surface area contributed by atoms with Gasteiger partial charge in [-0.2, -0.15) is 5.26 Å². The third kappa shape index (κ3) is 2.25. The van der Waals surface area contributed by atoms with E-state index in [4.69, 9.17) is 0 Å². The van der Waals surface area contributed by atoms with E-state index in [9.17, 15) is 9.47 Å². The summed E-state index contributed by atoms with van der Waals surface area (Å²) >= 11 is 0. The van der Waals surface area contributed by atoms with Gasteiger partial charge < -0.3 is 4.90 Å². The maximum absolute atomic E-state index is 11.9. The molecule has 96 valence electrons. The molecular formula is C13H17N3OS. The molecule has 0 saturated carbocycles. The molecule has 0 aromatic carbocycles. The van der Waals surface area contributed by atoms with E-state index < -0.39 is 10.8 Å². The first kappa shape index (κ1) is 13.0. The Balaban J connectivity index is 2.36. The van der Waals surface area contributed by atoms with E-state index in [0.29, 0.717) is 18.7 Å². The van der Waals surface area contributed by atoms with E-state index in [1.807, 2.05) is 26.8 Å². The summed E-state index contributed by atoms with van der Waals surface area (Å²) < 4.78 is 11.9. The predicted molar refractivity (Wildman–Crippen MR) is 73.0 cm³/mol. The zero-order valence-corrected chi connectivity index (χ0v) is 11.7. The molecule has 1 aromatic heterocycles. The second-order valence-electron chi connectivity index (χ2n) is 4.79. The largest absolute Gasteiger partial charge is 0.353 e. The first-order chi connectivity index (χ1) is 8.54. The number of nitrogens with zero attached hydrogens (tertiary/aromatic N) is 3. The first-order valence-electron chi connectivity index (χ1n) is 6.04. The standard InChI is InChI=1S/C13H17N3OS/c1-9-4-5-15-13(12(9)6-14)16-7-10(2)18(17)11(3)8-16/h4-5,10-11H,7-8H2,1-3H3. The van der Waals surface area contributed by atoms with Crippen molar-refractivity contribution in [3.63, 3.8) is 0 Å². The van der Waals surface area contributed by atoms with Gasteiger partial charge in [-0.05, 0) is 32.4 Å². The third-order valence-electron chi connectivity index (χ3n) is 3.30. The molecule has 0 aliphatic carbocycles. The summed E-state index contributed by atoms with van der Waals surface area (Å²) in [5, 5.41) is 9.46. The van der Waals surface area contributed by atoms with Gasteiger partial charge in [0.1, 0.15) is 11.9 Å². The highest BCUT2D eigenvalue weighted by atomic mass is 32.2. The van der Waals surface area contributed by atoms with E-state index >= 15 is 0 Å². The van der Waals surface area contributed by atoms with Gasteiger partial charge in [-0.1, -0.05) is 0 Å². The summed E-state index contributed by atoms with van der Waals surface area (Å²) in [4.78, 5) is 6.42. The highest BCUT2D eigenvalue weighted by Crippen LogP contribution is 2.24. The van der Waals surface area contributed by atoms with Crippen molar-refractivity contribution < 1.29 is 4.21 Å². The topological polar surface area (TPSA) is 57.0 Å². The van der Waals surface area contributed by atoms with Crippen molar-refractivity contribution in [3.8, 4) is 6.07 Å². The van der Waals surface area contributed by atoms with Gasteiger partial charge in [-0.3, -0.25) is 4.21 Å². The predicted octanol–water partition coefficient (Wildman–Crippen LogP) is 1.61. The van der Waals surface area contributed by atoms with Crippen LogP contribution in [-0.2, 0) is 10.8 Å². The van der Waals surface area contributed by atoms with E-state index in [0.717, 1.165) is 11.4 Å². The minimum atomic E-state index is -0.790. The second-order valence-corrected chi connectivity index (χ2v) is 7.06. The number of pyridine rings is 1. The average Bonchev–Trinajstić information content (AvgIpc) is 2.35.